The first-order valence-electron chi connectivity index (χ1n) is 10.5. The molecule has 0 aliphatic heterocycles. The van der Waals surface area contributed by atoms with Crippen LogP contribution in [0.15, 0.2) is 49.1 Å². The van der Waals surface area contributed by atoms with Gasteiger partial charge in [-0.05, 0) is 26.3 Å². The quantitative estimate of drug-likeness (QED) is 0.258. The zero-order chi connectivity index (χ0) is 26.0. The van der Waals surface area contributed by atoms with E-state index >= 15 is 0 Å². The molecular formula is C22H20Cl2N8O4. The third-order valence-electron chi connectivity index (χ3n) is 4.60. The molecule has 0 unspecified atom stereocenters. The monoisotopic (exact) mass is 530 g/mol. The zero-order valence-corrected chi connectivity index (χ0v) is 20.9. The van der Waals surface area contributed by atoms with Gasteiger partial charge in [0.15, 0.2) is 0 Å². The number of nitrogens with one attached hydrogen (secondary N) is 1. The number of hydrogen-bond donors (Lipinski definition) is 1. The molecule has 0 amide bonds. The molecule has 4 rings (SSSR count). The minimum absolute atomic E-state index is 0.0216. The van der Waals surface area contributed by atoms with E-state index in [1.807, 2.05) is 0 Å². The number of aromatic nitrogens is 6. The van der Waals surface area contributed by atoms with E-state index in [1.165, 1.54) is 24.5 Å². The number of hydrogen-bond acceptors (Lipinski definition) is 9. The predicted molar refractivity (Wildman–Crippen MR) is 133 cm³/mol. The Hall–Kier alpha value is -4.03. The first kappa shape index (κ1) is 25.1. The molecule has 14 heteroatoms. The van der Waals surface area contributed by atoms with Gasteiger partial charge in [-0.15, -0.1) is 0 Å². The van der Waals surface area contributed by atoms with Crippen LogP contribution in [0, 0.1) is 10.1 Å². The van der Waals surface area contributed by atoms with Gasteiger partial charge in [-0.2, -0.15) is 14.9 Å². The highest BCUT2D eigenvalue weighted by Crippen LogP contribution is 2.31. The largest absolute Gasteiger partial charge is 0.442 e. The Morgan fingerprint density at radius 2 is 1.83 bits per heavy atom. The number of ether oxygens (including phenoxy) is 1. The second-order valence-electron chi connectivity index (χ2n) is 8.62. The predicted octanol–water partition coefficient (Wildman–Crippen LogP) is 5.33. The zero-order valence-electron chi connectivity index (χ0n) is 19.3. The normalized spacial score (nSPS) is 11.4. The Kier molecular flexibility index (Phi) is 6.91. The second kappa shape index (κ2) is 9.91. The van der Waals surface area contributed by atoms with Gasteiger partial charge in [-0.1, -0.05) is 35.3 Å². The lowest BCUT2D eigenvalue weighted by atomic mass is 10.2. The van der Waals surface area contributed by atoms with E-state index in [0.29, 0.717) is 12.2 Å². The lowest BCUT2D eigenvalue weighted by molar-refractivity contribution is -0.384. The minimum atomic E-state index is -0.706. The number of nitro benzene ring substituents is 1. The van der Waals surface area contributed by atoms with E-state index in [2.05, 4.69) is 25.5 Å². The number of anilines is 2. The Bertz CT molecular complexity index is 1430. The number of non-ortho nitro benzene ring substituents is 1. The number of nitro groups is 1. The summed E-state index contributed by atoms with van der Waals surface area (Å²) in [4.78, 5) is 31.3. The molecule has 3 heterocycles. The first-order chi connectivity index (χ1) is 17.0. The van der Waals surface area contributed by atoms with Crippen molar-refractivity contribution in [2.24, 2.45) is 0 Å². The average Bonchev–Trinajstić information content (AvgIpc) is 3.40. The summed E-state index contributed by atoms with van der Waals surface area (Å²) in [7, 11) is 0. The van der Waals surface area contributed by atoms with Gasteiger partial charge in [-0.25, -0.2) is 14.8 Å². The van der Waals surface area contributed by atoms with Gasteiger partial charge in [0.25, 0.3) is 5.69 Å². The van der Waals surface area contributed by atoms with Crippen molar-refractivity contribution in [2.45, 2.75) is 32.9 Å². The number of halogens is 2. The van der Waals surface area contributed by atoms with Crippen molar-refractivity contribution in [3.8, 4) is 11.4 Å². The van der Waals surface area contributed by atoms with E-state index in [9.17, 15) is 14.9 Å². The van der Waals surface area contributed by atoms with Crippen LogP contribution in [0.2, 0.25) is 10.0 Å². The van der Waals surface area contributed by atoms with Crippen molar-refractivity contribution in [1.82, 2.24) is 29.5 Å². The van der Waals surface area contributed by atoms with Crippen LogP contribution in [0.25, 0.3) is 11.4 Å². The summed E-state index contributed by atoms with van der Waals surface area (Å²) in [5.41, 5.74) is 1.16. The van der Waals surface area contributed by atoms with Gasteiger partial charge in [0, 0.05) is 18.3 Å². The highest BCUT2D eigenvalue weighted by atomic mass is 35.5. The lowest BCUT2D eigenvalue weighted by Crippen LogP contribution is -2.27. The maximum absolute atomic E-state index is 12.3. The smallest absolute Gasteiger partial charge is 0.435 e. The van der Waals surface area contributed by atoms with Crippen molar-refractivity contribution in [3.63, 3.8) is 0 Å². The van der Waals surface area contributed by atoms with Crippen LogP contribution in [0.3, 0.4) is 0 Å². The highest BCUT2D eigenvalue weighted by molar-refractivity contribution is 6.35. The van der Waals surface area contributed by atoms with Crippen LogP contribution in [0.1, 0.15) is 26.3 Å². The fraction of sp³-hybridized carbons (Fsp3) is 0.227. The summed E-state index contributed by atoms with van der Waals surface area (Å²) in [5, 5.41) is 22.6. The van der Waals surface area contributed by atoms with Crippen molar-refractivity contribution in [1.29, 1.82) is 0 Å². The van der Waals surface area contributed by atoms with Crippen LogP contribution >= 0.6 is 23.2 Å². The lowest BCUT2D eigenvalue weighted by Gasteiger charge is -2.18. The van der Waals surface area contributed by atoms with Gasteiger partial charge < -0.3 is 10.1 Å². The molecule has 0 aliphatic carbocycles. The summed E-state index contributed by atoms with van der Waals surface area (Å²) < 4.78 is 7.94. The van der Waals surface area contributed by atoms with Gasteiger partial charge >= 0.3 is 6.09 Å². The van der Waals surface area contributed by atoms with E-state index in [0.717, 1.165) is 10.2 Å². The van der Waals surface area contributed by atoms with Gasteiger partial charge in [0.1, 0.15) is 17.0 Å². The summed E-state index contributed by atoms with van der Waals surface area (Å²) in [5.74, 6) is 0.201. The molecule has 12 nitrogen and oxygen atoms in total. The number of carbonyl (C=O) groups is 1. The van der Waals surface area contributed by atoms with Crippen LogP contribution in [-0.4, -0.2) is 46.1 Å². The van der Waals surface area contributed by atoms with Gasteiger partial charge in [0.2, 0.25) is 5.95 Å². The third-order valence-corrected chi connectivity index (χ3v) is 5.15. The summed E-state index contributed by atoms with van der Waals surface area (Å²) >= 11 is 12.6. The number of nitrogens with zero attached hydrogens (tertiary/aromatic N) is 7. The summed E-state index contributed by atoms with van der Waals surface area (Å²) in [6, 6.07) is 6.22. The molecule has 0 atom stereocenters. The minimum Gasteiger partial charge on any atom is -0.442 e. The fourth-order valence-electron chi connectivity index (χ4n) is 3.06. The Labute approximate surface area is 215 Å². The molecule has 1 N–H and O–H groups in total. The number of benzene rings is 1. The Morgan fingerprint density at radius 1 is 1.11 bits per heavy atom. The van der Waals surface area contributed by atoms with E-state index < -0.39 is 16.6 Å². The van der Waals surface area contributed by atoms with Crippen LogP contribution in [0.4, 0.5) is 22.1 Å². The van der Waals surface area contributed by atoms with Crippen molar-refractivity contribution in [3.05, 3.63) is 74.8 Å². The topological polar surface area (TPSA) is 143 Å². The standard InChI is InChI=1S/C22H20Cl2N8O4/c1-22(2,3)36-21(33)31-12-17(24)19(29-31)18-16(23)9-25-20(28-18)27-14-8-26-30(11-14)10-13-4-6-15(7-5-13)32(34)35/h4-9,11-12H,10H2,1-3H3,(H,25,27,28). The molecule has 0 radical (unpaired) electrons. The van der Waals surface area contributed by atoms with E-state index in [1.54, 1.807) is 50.0 Å². The SMILES string of the molecule is CC(C)(C)OC(=O)n1cc(Cl)c(-c2nc(Nc3cnn(Cc4ccc([N+](=O)[O-])cc4)c3)ncc2Cl)n1. The van der Waals surface area contributed by atoms with Crippen molar-refractivity contribution in [2.75, 3.05) is 5.32 Å². The molecular weight excluding hydrogens is 511 g/mol. The van der Waals surface area contributed by atoms with Crippen LogP contribution in [0.5, 0.6) is 0 Å². The molecule has 0 saturated carbocycles. The highest BCUT2D eigenvalue weighted by Gasteiger charge is 2.22. The molecule has 0 bridgehead atoms. The third kappa shape index (κ3) is 5.96. The fourth-order valence-corrected chi connectivity index (χ4v) is 3.46. The summed E-state index contributed by atoms with van der Waals surface area (Å²) in [6.07, 6.45) is 5.31. The molecule has 0 spiro atoms. The molecule has 186 valence electrons. The van der Waals surface area contributed by atoms with Crippen LogP contribution < -0.4 is 5.32 Å². The molecule has 36 heavy (non-hydrogen) atoms. The number of rotatable bonds is 6. The Morgan fingerprint density at radius 3 is 2.50 bits per heavy atom. The Balaban J connectivity index is 1.50. The van der Waals surface area contributed by atoms with E-state index in [-0.39, 0.29) is 33.1 Å². The molecule has 0 fully saturated rings. The van der Waals surface area contributed by atoms with Gasteiger partial charge in [-0.3, -0.25) is 14.8 Å². The van der Waals surface area contributed by atoms with Crippen molar-refractivity contribution < 1.29 is 14.5 Å². The van der Waals surface area contributed by atoms with Crippen LogP contribution in [-0.2, 0) is 11.3 Å². The molecule has 1 aromatic carbocycles. The molecule has 3 aromatic heterocycles. The molecule has 0 aliphatic rings. The number of carbonyl (C=O) groups excluding carboxylic acids is 1. The van der Waals surface area contributed by atoms with Crippen molar-refractivity contribution >= 4 is 46.6 Å². The molecule has 4 aromatic rings. The maximum Gasteiger partial charge on any atom is 0.435 e. The van der Waals surface area contributed by atoms with E-state index in [4.69, 9.17) is 27.9 Å². The second-order valence-corrected chi connectivity index (χ2v) is 9.43. The summed E-state index contributed by atoms with van der Waals surface area (Å²) in [6.45, 7) is 5.63. The maximum atomic E-state index is 12.3. The molecule has 0 saturated heterocycles. The first-order valence-corrected chi connectivity index (χ1v) is 11.3. The average molecular weight is 531 g/mol. The van der Waals surface area contributed by atoms with Gasteiger partial charge in [0.05, 0.1) is 45.8 Å².